The highest BCUT2D eigenvalue weighted by molar-refractivity contribution is 6.04. The van der Waals surface area contributed by atoms with Crippen LogP contribution in [0.5, 0.6) is 0 Å². The lowest BCUT2D eigenvalue weighted by Crippen LogP contribution is -2.31. The Kier molecular flexibility index (Phi) is 3.00. The van der Waals surface area contributed by atoms with Crippen LogP contribution < -0.4 is 5.32 Å². The Balaban J connectivity index is 1.80. The molecule has 6 nitrogen and oxygen atoms in total. The van der Waals surface area contributed by atoms with Gasteiger partial charge in [-0.25, -0.2) is 4.79 Å². The molecule has 102 valence electrons. The fraction of sp³-hybridized carbons (Fsp3) is 0.615. The van der Waals surface area contributed by atoms with Gasteiger partial charge < -0.3 is 9.84 Å². The number of fused-ring (bicyclic) bond motifs is 1. The molecule has 1 N–H and O–H groups in total. The number of nitrogens with zero attached hydrogens (tertiary/aromatic N) is 2. The molecule has 2 heterocycles. The van der Waals surface area contributed by atoms with E-state index in [0.717, 1.165) is 42.7 Å². The molecule has 0 bridgehead atoms. The molecular weight excluding hydrogens is 246 g/mol. The monoisotopic (exact) mass is 263 g/mol. The van der Waals surface area contributed by atoms with E-state index in [1.807, 2.05) is 6.92 Å². The van der Waals surface area contributed by atoms with Crippen LogP contribution in [-0.2, 0) is 24.2 Å². The van der Waals surface area contributed by atoms with E-state index >= 15 is 0 Å². The van der Waals surface area contributed by atoms with Gasteiger partial charge in [0.2, 0.25) is 0 Å². The summed E-state index contributed by atoms with van der Waals surface area (Å²) < 4.78 is 5.30. The quantitative estimate of drug-likeness (QED) is 0.836. The van der Waals surface area contributed by atoms with Gasteiger partial charge in [0.1, 0.15) is 17.5 Å². The Hall–Kier alpha value is -1.85. The summed E-state index contributed by atoms with van der Waals surface area (Å²) in [5.74, 6) is 0.750. The molecule has 3 amide bonds. The van der Waals surface area contributed by atoms with Gasteiger partial charge in [-0.2, -0.15) is 0 Å². The van der Waals surface area contributed by atoms with Crippen LogP contribution in [0.25, 0.3) is 0 Å². The molecule has 0 spiro atoms. The lowest BCUT2D eigenvalue weighted by atomic mass is 9.96. The molecule has 1 saturated heterocycles. The lowest BCUT2D eigenvalue weighted by molar-refractivity contribution is -0.127. The number of aromatic nitrogens is 1. The summed E-state index contributed by atoms with van der Waals surface area (Å²) >= 11 is 0. The van der Waals surface area contributed by atoms with Crippen molar-refractivity contribution in [3.05, 3.63) is 17.0 Å². The van der Waals surface area contributed by atoms with Crippen molar-refractivity contribution in [3.63, 3.8) is 0 Å². The van der Waals surface area contributed by atoms with Gasteiger partial charge in [0.25, 0.3) is 5.91 Å². The summed E-state index contributed by atoms with van der Waals surface area (Å²) in [4.78, 5) is 25.0. The van der Waals surface area contributed by atoms with Crippen molar-refractivity contribution in [1.29, 1.82) is 0 Å². The highest BCUT2D eigenvalue weighted by Crippen LogP contribution is 2.25. The average molecular weight is 263 g/mol. The third-order valence-corrected chi connectivity index (χ3v) is 3.85. The molecule has 0 saturated carbocycles. The molecule has 1 fully saturated rings. The fourth-order valence-corrected chi connectivity index (χ4v) is 2.73. The van der Waals surface area contributed by atoms with Crippen molar-refractivity contribution in [2.24, 2.45) is 0 Å². The zero-order valence-corrected chi connectivity index (χ0v) is 10.9. The minimum Gasteiger partial charge on any atom is -0.361 e. The van der Waals surface area contributed by atoms with Gasteiger partial charge in [-0.3, -0.25) is 9.69 Å². The number of carbonyl (C=O) groups excluding carboxylic acids is 2. The number of hydrogen-bond donors (Lipinski definition) is 1. The van der Waals surface area contributed by atoms with Crippen molar-refractivity contribution in [1.82, 2.24) is 15.4 Å². The molecule has 1 aliphatic carbocycles. The summed E-state index contributed by atoms with van der Waals surface area (Å²) in [5.41, 5.74) is 1.82. The standard InChI is InChI=1S/C13H17N3O3/c1-2-9-12(17)16(13(18)14-9)7-10-8-5-3-4-6-11(8)19-15-10/h9H,2-7H2,1H3,(H,14,18)/t9-/m1/s1. The molecule has 1 aliphatic heterocycles. The van der Waals surface area contributed by atoms with Crippen molar-refractivity contribution in [2.75, 3.05) is 0 Å². The average Bonchev–Trinajstić information content (AvgIpc) is 2.95. The van der Waals surface area contributed by atoms with Gasteiger partial charge >= 0.3 is 6.03 Å². The van der Waals surface area contributed by atoms with E-state index in [4.69, 9.17) is 4.52 Å². The van der Waals surface area contributed by atoms with E-state index in [0.29, 0.717) is 6.42 Å². The van der Waals surface area contributed by atoms with E-state index in [9.17, 15) is 9.59 Å². The van der Waals surface area contributed by atoms with Gasteiger partial charge in [-0.1, -0.05) is 12.1 Å². The maximum atomic E-state index is 12.0. The molecule has 0 unspecified atom stereocenters. The van der Waals surface area contributed by atoms with E-state index < -0.39 is 6.04 Å². The summed E-state index contributed by atoms with van der Waals surface area (Å²) in [6.45, 7) is 2.10. The Morgan fingerprint density at radius 3 is 2.89 bits per heavy atom. The second kappa shape index (κ2) is 4.68. The number of amides is 3. The summed E-state index contributed by atoms with van der Waals surface area (Å²) in [6.07, 6.45) is 4.66. The largest absolute Gasteiger partial charge is 0.361 e. The van der Waals surface area contributed by atoms with Crippen molar-refractivity contribution < 1.29 is 14.1 Å². The van der Waals surface area contributed by atoms with Crippen LogP contribution in [0.2, 0.25) is 0 Å². The number of rotatable bonds is 3. The second-order valence-corrected chi connectivity index (χ2v) is 5.07. The summed E-state index contributed by atoms with van der Waals surface area (Å²) in [5, 5.41) is 6.71. The highest BCUT2D eigenvalue weighted by atomic mass is 16.5. The van der Waals surface area contributed by atoms with E-state index in [-0.39, 0.29) is 18.5 Å². The summed E-state index contributed by atoms with van der Waals surface area (Å²) in [6, 6.07) is -0.723. The maximum absolute atomic E-state index is 12.0. The maximum Gasteiger partial charge on any atom is 0.325 e. The lowest BCUT2D eigenvalue weighted by Gasteiger charge is -2.13. The van der Waals surface area contributed by atoms with Crippen LogP contribution in [0.15, 0.2) is 4.52 Å². The Bertz CT molecular complexity index is 523. The van der Waals surface area contributed by atoms with Crippen LogP contribution in [0.1, 0.15) is 43.2 Å². The number of nitrogens with one attached hydrogen (secondary N) is 1. The van der Waals surface area contributed by atoms with Crippen LogP contribution in [-0.4, -0.2) is 28.0 Å². The Labute approximate surface area is 111 Å². The van der Waals surface area contributed by atoms with E-state index in [1.54, 1.807) is 0 Å². The minimum absolute atomic E-state index is 0.167. The molecule has 1 aromatic rings. The molecule has 19 heavy (non-hydrogen) atoms. The number of hydrogen-bond acceptors (Lipinski definition) is 4. The third-order valence-electron chi connectivity index (χ3n) is 3.85. The predicted octanol–water partition coefficient (Wildman–Crippen LogP) is 1.38. The molecule has 6 heteroatoms. The second-order valence-electron chi connectivity index (χ2n) is 5.07. The molecule has 2 aliphatic rings. The smallest absolute Gasteiger partial charge is 0.325 e. The topological polar surface area (TPSA) is 75.4 Å². The van der Waals surface area contributed by atoms with Crippen LogP contribution in [0, 0.1) is 0 Å². The van der Waals surface area contributed by atoms with Gasteiger partial charge in [0.05, 0.1) is 6.54 Å². The molecule has 3 rings (SSSR count). The van der Waals surface area contributed by atoms with Gasteiger partial charge in [0, 0.05) is 12.0 Å². The molecule has 1 atom stereocenters. The first-order chi connectivity index (χ1) is 9.20. The summed E-state index contributed by atoms with van der Waals surface area (Å²) in [7, 11) is 0. The zero-order chi connectivity index (χ0) is 13.4. The van der Waals surface area contributed by atoms with Crippen molar-refractivity contribution >= 4 is 11.9 Å². The van der Waals surface area contributed by atoms with Gasteiger partial charge in [-0.15, -0.1) is 0 Å². The molecular formula is C13H17N3O3. The van der Waals surface area contributed by atoms with Crippen LogP contribution in [0.3, 0.4) is 0 Å². The SMILES string of the molecule is CC[C@H]1NC(=O)N(Cc2noc3c2CCCC3)C1=O. The highest BCUT2D eigenvalue weighted by Gasteiger charge is 2.37. The molecule has 0 radical (unpaired) electrons. The molecule has 1 aromatic heterocycles. The number of imide groups is 1. The minimum atomic E-state index is -0.393. The molecule has 0 aromatic carbocycles. The predicted molar refractivity (Wildman–Crippen MR) is 66.3 cm³/mol. The first-order valence-electron chi connectivity index (χ1n) is 6.79. The van der Waals surface area contributed by atoms with Crippen LogP contribution in [0.4, 0.5) is 4.79 Å². The number of urea groups is 1. The third kappa shape index (κ3) is 2.01. The van der Waals surface area contributed by atoms with E-state index in [2.05, 4.69) is 10.5 Å². The van der Waals surface area contributed by atoms with Crippen LogP contribution >= 0.6 is 0 Å². The first kappa shape index (κ1) is 12.2. The van der Waals surface area contributed by atoms with Crippen molar-refractivity contribution in [2.45, 2.75) is 51.6 Å². The first-order valence-corrected chi connectivity index (χ1v) is 6.79. The number of carbonyl (C=O) groups is 2. The van der Waals surface area contributed by atoms with Gasteiger partial charge in [-0.05, 0) is 25.7 Å². The van der Waals surface area contributed by atoms with E-state index in [1.165, 1.54) is 4.90 Å². The zero-order valence-electron chi connectivity index (χ0n) is 10.9. The fourth-order valence-electron chi connectivity index (χ4n) is 2.73. The Morgan fingerprint density at radius 2 is 2.16 bits per heavy atom. The Morgan fingerprint density at radius 1 is 1.37 bits per heavy atom. The van der Waals surface area contributed by atoms with Gasteiger partial charge in [0.15, 0.2) is 0 Å². The van der Waals surface area contributed by atoms with Crippen molar-refractivity contribution in [3.8, 4) is 0 Å². The normalized spacial score (nSPS) is 22.6. The number of aryl methyl sites for hydroxylation is 1.